The normalized spacial score (nSPS) is 11.0. The summed E-state index contributed by atoms with van der Waals surface area (Å²) in [5.41, 5.74) is 0. The third kappa shape index (κ3) is 10.2. The van der Waals surface area contributed by atoms with E-state index in [-0.39, 0.29) is 0 Å². The smallest absolute Gasteiger partial charge is 0.147 e. The molecule has 0 aromatic rings. The Morgan fingerprint density at radius 2 is 0.950 bits per heavy atom. The Morgan fingerprint density at radius 3 is 1.20 bits per heavy atom. The number of thiocarbonyl (C=S) groups is 2. The maximum atomic E-state index is 5.40. The number of hydrogen-bond acceptors (Lipinski definition) is 6. The second-order valence-corrected chi connectivity index (χ2v) is 8.55. The van der Waals surface area contributed by atoms with Gasteiger partial charge in [-0.05, 0) is 49.8 Å². The van der Waals surface area contributed by atoms with Crippen LogP contribution in [0.3, 0.4) is 0 Å². The highest BCUT2D eigenvalue weighted by molar-refractivity contribution is 8.89. The van der Waals surface area contributed by atoms with E-state index in [4.69, 9.17) is 24.4 Å². The Balaban J connectivity index is 3.95. The van der Waals surface area contributed by atoms with E-state index in [1.165, 1.54) is 0 Å². The molecule has 0 saturated heterocycles. The fourth-order valence-electron chi connectivity index (χ4n) is 1.08. The first-order chi connectivity index (χ1) is 9.23. The fourth-order valence-corrected chi connectivity index (χ4v) is 3.65. The van der Waals surface area contributed by atoms with Crippen molar-refractivity contribution in [2.75, 3.05) is 68.5 Å². The molecule has 4 nitrogen and oxygen atoms in total. The van der Waals surface area contributed by atoms with Crippen molar-refractivity contribution in [3.05, 3.63) is 0 Å². The molecule has 0 rings (SSSR count). The summed E-state index contributed by atoms with van der Waals surface area (Å²) in [6.07, 6.45) is 0. The Kier molecular flexibility index (Phi) is 11.3. The number of likely N-dealkylation sites (N-methyl/N-ethyl adjacent to an activating group) is 4. The van der Waals surface area contributed by atoms with E-state index in [0.29, 0.717) is 0 Å². The van der Waals surface area contributed by atoms with E-state index < -0.39 is 0 Å². The van der Waals surface area contributed by atoms with Crippen molar-refractivity contribution in [1.82, 2.24) is 19.6 Å². The van der Waals surface area contributed by atoms with E-state index in [1.54, 1.807) is 21.6 Å². The van der Waals surface area contributed by atoms with Gasteiger partial charge in [0.15, 0.2) is 0 Å². The van der Waals surface area contributed by atoms with E-state index in [2.05, 4.69) is 47.8 Å². The molecule has 0 bridgehead atoms. The lowest BCUT2D eigenvalue weighted by Gasteiger charge is -2.23. The van der Waals surface area contributed by atoms with Gasteiger partial charge in [0.25, 0.3) is 0 Å². The Labute approximate surface area is 142 Å². The summed E-state index contributed by atoms with van der Waals surface area (Å²) >= 11 is 10.8. The van der Waals surface area contributed by atoms with Crippen LogP contribution in [0.15, 0.2) is 0 Å². The topological polar surface area (TPSA) is 13.0 Å². The zero-order chi connectivity index (χ0) is 15.7. The molecule has 118 valence electrons. The molecule has 0 N–H and O–H groups in total. The minimum atomic E-state index is 0.875. The molecule has 8 heteroatoms. The SMILES string of the molecule is CN(C)CCN(C)C(=S)SSC(=S)N(C)CCN(C)C. The van der Waals surface area contributed by atoms with Gasteiger partial charge in [0.05, 0.1) is 0 Å². The summed E-state index contributed by atoms with van der Waals surface area (Å²) in [6, 6.07) is 0. The molecular weight excluding hydrogens is 328 g/mol. The van der Waals surface area contributed by atoms with E-state index in [0.717, 1.165) is 34.8 Å². The van der Waals surface area contributed by atoms with Crippen molar-refractivity contribution in [2.45, 2.75) is 0 Å². The summed E-state index contributed by atoms with van der Waals surface area (Å²) in [4.78, 5) is 8.48. The van der Waals surface area contributed by atoms with Crippen molar-refractivity contribution in [3.63, 3.8) is 0 Å². The van der Waals surface area contributed by atoms with Crippen LogP contribution in [0, 0.1) is 0 Å². The van der Waals surface area contributed by atoms with Gasteiger partial charge in [-0.1, -0.05) is 24.4 Å². The van der Waals surface area contributed by atoms with Gasteiger partial charge < -0.3 is 19.6 Å². The molecule has 0 spiro atoms. The van der Waals surface area contributed by atoms with Crippen LogP contribution in [0.5, 0.6) is 0 Å². The minimum Gasteiger partial charge on any atom is -0.359 e. The van der Waals surface area contributed by atoms with Crippen molar-refractivity contribution in [2.24, 2.45) is 0 Å². The molecule has 0 aliphatic heterocycles. The summed E-state index contributed by atoms with van der Waals surface area (Å²) in [7, 11) is 15.4. The van der Waals surface area contributed by atoms with E-state index in [9.17, 15) is 0 Å². The molecule has 0 aliphatic carbocycles. The predicted molar refractivity (Wildman–Crippen MR) is 103 cm³/mol. The summed E-state index contributed by atoms with van der Waals surface area (Å²) in [6.45, 7) is 3.86. The van der Waals surface area contributed by atoms with Crippen molar-refractivity contribution < 1.29 is 0 Å². The number of hydrogen-bond donors (Lipinski definition) is 0. The van der Waals surface area contributed by atoms with Gasteiger partial charge in [0.1, 0.15) is 8.64 Å². The molecule has 0 radical (unpaired) electrons. The number of rotatable bonds is 6. The third-order valence-electron chi connectivity index (χ3n) is 2.57. The standard InChI is InChI=1S/C12H26N4S4/c1-13(2)7-9-15(5)11(17)19-20-12(18)16(6)10-8-14(3)4/h7-10H2,1-6H3. The van der Waals surface area contributed by atoms with Crippen LogP contribution in [0.1, 0.15) is 0 Å². The Hall–Kier alpha value is 0.400. The van der Waals surface area contributed by atoms with Crippen LogP contribution >= 0.6 is 46.0 Å². The second kappa shape index (κ2) is 11.0. The van der Waals surface area contributed by atoms with Crippen molar-refractivity contribution in [1.29, 1.82) is 0 Å². The number of nitrogens with zero attached hydrogens (tertiary/aromatic N) is 4. The Morgan fingerprint density at radius 1 is 0.650 bits per heavy atom. The molecule has 0 aliphatic rings. The van der Waals surface area contributed by atoms with Gasteiger partial charge in [0.2, 0.25) is 0 Å². The molecule has 0 aromatic heterocycles. The first-order valence-corrected chi connectivity index (χ1v) is 9.34. The van der Waals surface area contributed by atoms with Crippen LogP contribution in [-0.2, 0) is 0 Å². The maximum Gasteiger partial charge on any atom is 0.147 e. The predicted octanol–water partition coefficient (Wildman–Crippen LogP) is 1.92. The maximum absolute atomic E-state index is 5.40. The lowest BCUT2D eigenvalue weighted by atomic mass is 10.5. The lowest BCUT2D eigenvalue weighted by molar-refractivity contribution is 0.361. The van der Waals surface area contributed by atoms with Crippen molar-refractivity contribution >= 4 is 54.7 Å². The van der Waals surface area contributed by atoms with Gasteiger partial charge in [0, 0.05) is 40.3 Å². The van der Waals surface area contributed by atoms with Crippen LogP contribution in [0.25, 0.3) is 0 Å². The van der Waals surface area contributed by atoms with Crippen LogP contribution in [0.4, 0.5) is 0 Å². The highest BCUT2D eigenvalue weighted by Crippen LogP contribution is 2.27. The second-order valence-electron chi connectivity index (χ2n) is 5.15. The Bertz CT molecular complexity index is 280. The first-order valence-electron chi connectivity index (χ1n) is 6.38. The molecular formula is C12H26N4S4. The molecule has 0 heterocycles. The molecule has 0 unspecified atom stereocenters. The molecule has 0 saturated carbocycles. The van der Waals surface area contributed by atoms with Gasteiger partial charge in [-0.3, -0.25) is 0 Å². The van der Waals surface area contributed by atoms with Gasteiger partial charge in [-0.25, -0.2) is 0 Å². The molecule has 0 fully saturated rings. The molecule has 0 amide bonds. The zero-order valence-electron chi connectivity index (χ0n) is 13.3. The van der Waals surface area contributed by atoms with Crippen LogP contribution in [-0.4, -0.2) is 96.7 Å². The quantitative estimate of drug-likeness (QED) is 0.523. The summed E-state index contributed by atoms with van der Waals surface area (Å²) < 4.78 is 1.75. The fraction of sp³-hybridized carbons (Fsp3) is 0.833. The monoisotopic (exact) mass is 354 g/mol. The summed E-state index contributed by atoms with van der Waals surface area (Å²) in [5, 5.41) is 0. The average molecular weight is 355 g/mol. The molecule has 0 atom stereocenters. The average Bonchev–Trinajstić information content (AvgIpc) is 2.38. The van der Waals surface area contributed by atoms with Crippen LogP contribution < -0.4 is 0 Å². The van der Waals surface area contributed by atoms with E-state index in [1.807, 2.05) is 14.1 Å². The highest BCUT2D eigenvalue weighted by atomic mass is 33.1. The van der Waals surface area contributed by atoms with Gasteiger partial charge in [-0.2, -0.15) is 0 Å². The van der Waals surface area contributed by atoms with Crippen LogP contribution in [0.2, 0.25) is 0 Å². The third-order valence-corrected chi connectivity index (χ3v) is 6.52. The van der Waals surface area contributed by atoms with E-state index >= 15 is 0 Å². The molecule has 20 heavy (non-hydrogen) atoms. The van der Waals surface area contributed by atoms with Gasteiger partial charge >= 0.3 is 0 Å². The highest BCUT2D eigenvalue weighted by Gasteiger charge is 2.11. The zero-order valence-corrected chi connectivity index (χ0v) is 16.5. The summed E-state index contributed by atoms with van der Waals surface area (Å²) in [5.74, 6) is 0. The van der Waals surface area contributed by atoms with Gasteiger partial charge in [-0.15, -0.1) is 0 Å². The molecule has 0 aromatic carbocycles. The largest absolute Gasteiger partial charge is 0.359 e. The van der Waals surface area contributed by atoms with Crippen molar-refractivity contribution in [3.8, 4) is 0 Å². The first kappa shape index (κ1) is 20.4. The minimum absolute atomic E-state index is 0.875. The lowest BCUT2D eigenvalue weighted by Crippen LogP contribution is -2.32.